The molecule has 0 N–H and O–H groups in total. The Morgan fingerprint density at radius 3 is 1.43 bits per heavy atom. The summed E-state index contributed by atoms with van der Waals surface area (Å²) in [7, 11) is 0. The van der Waals surface area contributed by atoms with Crippen molar-refractivity contribution in [3.8, 4) is 5.95 Å². The first-order valence-electron chi connectivity index (χ1n) is 20.2. The van der Waals surface area contributed by atoms with Crippen molar-refractivity contribution in [2.75, 3.05) is 0 Å². The fraction of sp³-hybridized carbons (Fsp3) is 0. The Morgan fingerprint density at radius 1 is 0.283 bits per heavy atom. The van der Waals surface area contributed by atoms with Gasteiger partial charge in [0.05, 0.1) is 49.7 Å². The minimum Gasteiger partial charge on any atom is -0.278 e. The third-order valence-electron chi connectivity index (χ3n) is 12.4. The lowest BCUT2D eigenvalue weighted by Gasteiger charge is -2.08. The fourth-order valence-electron chi connectivity index (χ4n) is 9.96. The second-order valence-electron chi connectivity index (χ2n) is 15.5. The predicted molar refractivity (Wildman–Crippen MR) is 245 cm³/mol. The summed E-state index contributed by atoms with van der Waals surface area (Å²) in [5.41, 5.74) is 9.66. The molecular formula is C52H30N8. The number of aromatic nitrogens is 8. The van der Waals surface area contributed by atoms with Crippen molar-refractivity contribution >= 4 is 115 Å². The zero-order valence-corrected chi connectivity index (χ0v) is 31.9. The minimum absolute atomic E-state index is 0.536. The van der Waals surface area contributed by atoms with Crippen LogP contribution in [-0.4, -0.2) is 37.7 Å². The molecule has 0 aliphatic rings. The van der Waals surface area contributed by atoms with Crippen LogP contribution in [0.4, 0.5) is 0 Å². The number of hydrogen-bond acceptors (Lipinski definition) is 4. The first-order chi connectivity index (χ1) is 29.8. The number of hydrogen-bond donors (Lipinski definition) is 0. The third-order valence-corrected chi connectivity index (χ3v) is 12.4. The molecule has 0 radical (unpaired) electrons. The van der Waals surface area contributed by atoms with E-state index in [1.807, 2.05) is 0 Å². The number of rotatable bonds is 1. The lowest BCUT2D eigenvalue weighted by atomic mass is 10.0. The van der Waals surface area contributed by atoms with Crippen molar-refractivity contribution in [1.82, 2.24) is 37.7 Å². The molecule has 0 unspecified atom stereocenters. The third kappa shape index (κ3) is 4.08. The molecular weight excluding hydrogens is 737 g/mol. The maximum Gasteiger partial charge on any atom is 0.240 e. The van der Waals surface area contributed by atoms with Gasteiger partial charge in [-0.1, -0.05) is 133 Å². The summed E-state index contributed by atoms with van der Waals surface area (Å²) >= 11 is 0. The second-order valence-corrected chi connectivity index (χ2v) is 15.5. The first kappa shape index (κ1) is 31.7. The molecule has 6 heterocycles. The van der Waals surface area contributed by atoms with Crippen LogP contribution in [0.25, 0.3) is 121 Å². The van der Waals surface area contributed by atoms with Gasteiger partial charge in [-0.05, 0) is 59.3 Å². The van der Waals surface area contributed by atoms with Gasteiger partial charge in [0.2, 0.25) is 17.5 Å². The van der Waals surface area contributed by atoms with Crippen LogP contribution in [0.1, 0.15) is 0 Å². The number of nitrogens with zero attached hydrogens (tertiary/aromatic N) is 8. The first-order valence-corrected chi connectivity index (χ1v) is 20.2. The van der Waals surface area contributed by atoms with Crippen LogP contribution in [0.15, 0.2) is 182 Å². The molecule has 2 bridgehead atoms. The highest BCUT2D eigenvalue weighted by Crippen LogP contribution is 2.38. The standard InChI is InChI=1S/C52H30N8/c1-2-16-32-31(15-1)36-21-13-22-38-35-19-5-10-27-43(35)59(47(36)38)51-55-49(54-50(56-51)57-41-25-8-3-17-33(41)34-18-4-9-26-42(34)57)39-20-6-11-28-44(39)60-48-37(32)23-14-30-46(48)58-45-29-12-7-24-40(45)53-52(58)60/h1-30H. The molecule has 0 saturated carbocycles. The molecule has 278 valence electrons. The number of fused-ring (bicyclic) bond motifs is 20. The SMILES string of the molecule is c1ccc2c(c1)nc1n2c2cccc3c4ccccc4c4cccc5c6ccccc6n(c6nc(-n7c8ccccc8c8ccccc87)nc(n6)c6ccccc6n1c32)c45. The van der Waals surface area contributed by atoms with E-state index in [0.29, 0.717) is 17.4 Å². The van der Waals surface area contributed by atoms with Crippen LogP contribution in [0.5, 0.6) is 0 Å². The normalized spacial score (nSPS) is 12.3. The highest BCUT2D eigenvalue weighted by molar-refractivity contribution is 6.23. The topological polar surface area (TPSA) is 69.7 Å². The van der Waals surface area contributed by atoms with E-state index in [1.54, 1.807) is 0 Å². The van der Waals surface area contributed by atoms with Gasteiger partial charge in [-0.25, -0.2) is 4.98 Å². The molecule has 0 aliphatic carbocycles. The largest absolute Gasteiger partial charge is 0.278 e. The summed E-state index contributed by atoms with van der Waals surface area (Å²) in [6, 6.07) is 64.4. The van der Waals surface area contributed by atoms with Crippen molar-refractivity contribution in [3.63, 3.8) is 0 Å². The Bertz CT molecular complexity index is 4210. The molecule has 14 aromatic rings. The Labute approximate surface area is 339 Å². The van der Waals surface area contributed by atoms with Gasteiger partial charge in [-0.3, -0.25) is 17.8 Å². The van der Waals surface area contributed by atoms with Crippen molar-refractivity contribution in [2.45, 2.75) is 0 Å². The quantitative estimate of drug-likeness (QED) is 0.167. The van der Waals surface area contributed by atoms with Gasteiger partial charge in [0.15, 0.2) is 5.65 Å². The zero-order valence-electron chi connectivity index (χ0n) is 31.9. The Hall–Kier alpha value is -8.36. The summed E-state index contributed by atoms with van der Waals surface area (Å²) in [5.74, 6) is 1.89. The van der Waals surface area contributed by atoms with Crippen LogP contribution in [0, 0.1) is 0 Å². The average molecular weight is 767 g/mol. The summed E-state index contributed by atoms with van der Waals surface area (Å²) in [6.45, 7) is 0. The van der Waals surface area contributed by atoms with E-state index in [0.717, 1.165) is 104 Å². The molecule has 6 aromatic heterocycles. The van der Waals surface area contributed by atoms with E-state index in [1.165, 1.54) is 0 Å². The smallest absolute Gasteiger partial charge is 0.240 e. The highest BCUT2D eigenvalue weighted by atomic mass is 15.2. The van der Waals surface area contributed by atoms with Crippen molar-refractivity contribution in [3.05, 3.63) is 182 Å². The monoisotopic (exact) mass is 766 g/mol. The van der Waals surface area contributed by atoms with E-state index in [4.69, 9.17) is 19.9 Å². The molecule has 0 fully saturated rings. The minimum atomic E-state index is 0.536. The van der Waals surface area contributed by atoms with Gasteiger partial charge in [0.1, 0.15) is 0 Å². The summed E-state index contributed by atoms with van der Waals surface area (Å²) in [5, 5.41) is 9.80. The summed E-state index contributed by atoms with van der Waals surface area (Å²) in [4.78, 5) is 21.9. The fourth-order valence-corrected chi connectivity index (χ4v) is 9.96. The lowest BCUT2D eigenvalue weighted by Crippen LogP contribution is -2.05. The van der Waals surface area contributed by atoms with Gasteiger partial charge in [-0.15, -0.1) is 0 Å². The van der Waals surface area contributed by atoms with E-state index in [2.05, 4.69) is 200 Å². The van der Waals surface area contributed by atoms with Crippen molar-refractivity contribution in [1.29, 1.82) is 0 Å². The molecule has 0 saturated heterocycles. The van der Waals surface area contributed by atoms with E-state index in [9.17, 15) is 0 Å². The van der Waals surface area contributed by atoms with Gasteiger partial charge < -0.3 is 0 Å². The summed E-state index contributed by atoms with van der Waals surface area (Å²) in [6.07, 6.45) is 0. The molecule has 0 amide bonds. The van der Waals surface area contributed by atoms with Crippen molar-refractivity contribution in [2.24, 2.45) is 0 Å². The van der Waals surface area contributed by atoms with E-state index >= 15 is 0 Å². The van der Waals surface area contributed by atoms with Crippen LogP contribution in [0.3, 0.4) is 0 Å². The molecule has 8 nitrogen and oxygen atoms in total. The van der Waals surface area contributed by atoms with Crippen LogP contribution in [0.2, 0.25) is 0 Å². The zero-order chi connectivity index (χ0) is 39.1. The van der Waals surface area contributed by atoms with Gasteiger partial charge in [0.25, 0.3) is 0 Å². The Kier molecular flexibility index (Phi) is 6.14. The second kappa shape index (κ2) is 11.6. The average Bonchev–Trinajstić information content (AvgIpc) is 4.05. The Morgan fingerprint density at radius 2 is 0.750 bits per heavy atom. The molecule has 60 heavy (non-hydrogen) atoms. The molecule has 8 aromatic carbocycles. The number of benzene rings is 8. The number of para-hydroxylation sites is 8. The van der Waals surface area contributed by atoms with Gasteiger partial charge in [-0.2, -0.15) is 15.0 Å². The molecule has 14 rings (SSSR count). The van der Waals surface area contributed by atoms with E-state index in [-0.39, 0.29) is 0 Å². The van der Waals surface area contributed by atoms with Crippen LogP contribution >= 0.6 is 0 Å². The molecule has 0 atom stereocenters. The lowest BCUT2D eigenvalue weighted by molar-refractivity contribution is 0.979. The molecule has 0 aliphatic heterocycles. The number of imidazole rings is 2. The molecule has 0 spiro atoms. The van der Waals surface area contributed by atoms with Crippen molar-refractivity contribution < 1.29 is 0 Å². The highest BCUT2D eigenvalue weighted by Gasteiger charge is 2.21. The van der Waals surface area contributed by atoms with Gasteiger partial charge >= 0.3 is 0 Å². The summed E-state index contributed by atoms with van der Waals surface area (Å²) < 4.78 is 9.04. The van der Waals surface area contributed by atoms with Crippen LogP contribution < -0.4 is 0 Å². The maximum atomic E-state index is 5.53. The van der Waals surface area contributed by atoms with Crippen LogP contribution in [-0.2, 0) is 0 Å². The predicted octanol–water partition coefficient (Wildman–Crippen LogP) is 12.3. The maximum absolute atomic E-state index is 5.53. The van der Waals surface area contributed by atoms with Gasteiger partial charge in [0, 0.05) is 37.7 Å². The van der Waals surface area contributed by atoms with E-state index < -0.39 is 0 Å². The Balaban J connectivity index is 1.35. The molecule has 8 heteroatoms.